The van der Waals surface area contributed by atoms with E-state index >= 15 is 0 Å². The average Bonchev–Trinajstić information content (AvgIpc) is 3.11. The zero-order chi connectivity index (χ0) is 18.0. The first-order valence-corrected chi connectivity index (χ1v) is 9.01. The van der Waals surface area contributed by atoms with E-state index < -0.39 is 5.91 Å². The summed E-state index contributed by atoms with van der Waals surface area (Å²) >= 11 is 13.3. The summed E-state index contributed by atoms with van der Waals surface area (Å²) in [6.07, 6.45) is 2.54. The van der Waals surface area contributed by atoms with E-state index in [1.807, 2.05) is 6.07 Å². The summed E-state index contributed by atoms with van der Waals surface area (Å²) < 4.78 is 0. The highest BCUT2D eigenvalue weighted by Gasteiger charge is 2.30. The van der Waals surface area contributed by atoms with Gasteiger partial charge in [0, 0.05) is 40.4 Å². The van der Waals surface area contributed by atoms with Crippen LogP contribution in [0.3, 0.4) is 0 Å². The Kier molecular flexibility index (Phi) is 5.36. The molecule has 1 fully saturated rings. The van der Waals surface area contributed by atoms with Gasteiger partial charge in [-0.15, -0.1) is 11.3 Å². The number of thiazole rings is 1. The molecule has 1 aromatic carbocycles. The van der Waals surface area contributed by atoms with Crippen molar-refractivity contribution in [1.29, 1.82) is 0 Å². The van der Waals surface area contributed by atoms with Gasteiger partial charge in [-0.05, 0) is 17.7 Å². The molecule has 0 saturated carbocycles. The lowest BCUT2D eigenvalue weighted by atomic mass is 10.1. The van der Waals surface area contributed by atoms with Crippen LogP contribution in [0.1, 0.15) is 23.3 Å². The van der Waals surface area contributed by atoms with Crippen LogP contribution in [0.5, 0.6) is 0 Å². The molecule has 2 heterocycles. The molecule has 1 saturated heterocycles. The largest absolute Gasteiger partial charge is 0.300 e. The lowest BCUT2D eigenvalue weighted by Gasteiger charge is -2.12. The fourth-order valence-electron chi connectivity index (χ4n) is 2.40. The third kappa shape index (κ3) is 4.36. The SMILES string of the molecule is O=C(CN1C(=O)CCC1=O)Nc1ncc(Cc2ccc(Cl)cc2Cl)s1. The smallest absolute Gasteiger partial charge is 0.246 e. The van der Waals surface area contributed by atoms with Crippen molar-refractivity contribution in [2.45, 2.75) is 19.3 Å². The minimum absolute atomic E-state index is 0.162. The van der Waals surface area contributed by atoms with Crippen molar-refractivity contribution in [3.63, 3.8) is 0 Å². The Morgan fingerprint density at radius 1 is 1.24 bits per heavy atom. The molecule has 0 bridgehead atoms. The number of hydrogen-bond donors (Lipinski definition) is 1. The van der Waals surface area contributed by atoms with Crippen LogP contribution >= 0.6 is 34.5 Å². The second kappa shape index (κ2) is 7.51. The Labute approximate surface area is 157 Å². The third-order valence-electron chi connectivity index (χ3n) is 3.64. The Hall–Kier alpha value is -1.96. The van der Waals surface area contributed by atoms with Gasteiger partial charge >= 0.3 is 0 Å². The van der Waals surface area contributed by atoms with Gasteiger partial charge in [-0.1, -0.05) is 29.3 Å². The highest BCUT2D eigenvalue weighted by Crippen LogP contribution is 2.27. The molecule has 9 heteroatoms. The number of amides is 3. The number of nitrogens with one attached hydrogen (secondary N) is 1. The predicted molar refractivity (Wildman–Crippen MR) is 96.0 cm³/mol. The number of aromatic nitrogens is 1. The topological polar surface area (TPSA) is 79.4 Å². The van der Waals surface area contributed by atoms with Gasteiger partial charge in [0.15, 0.2) is 5.13 Å². The van der Waals surface area contributed by atoms with Crippen LogP contribution < -0.4 is 5.32 Å². The molecular formula is C16H13Cl2N3O3S. The number of likely N-dealkylation sites (tertiary alicyclic amines) is 1. The molecule has 0 aliphatic carbocycles. The van der Waals surface area contributed by atoms with E-state index in [1.54, 1.807) is 18.3 Å². The highest BCUT2D eigenvalue weighted by molar-refractivity contribution is 7.15. The van der Waals surface area contributed by atoms with Crippen molar-refractivity contribution in [3.05, 3.63) is 44.9 Å². The minimum Gasteiger partial charge on any atom is -0.300 e. The number of benzene rings is 1. The van der Waals surface area contributed by atoms with Crippen molar-refractivity contribution in [3.8, 4) is 0 Å². The van der Waals surface area contributed by atoms with Crippen molar-refractivity contribution < 1.29 is 14.4 Å². The molecule has 0 spiro atoms. The summed E-state index contributed by atoms with van der Waals surface area (Å²) in [6.45, 7) is -0.282. The fourth-order valence-corrected chi connectivity index (χ4v) is 3.73. The van der Waals surface area contributed by atoms with E-state index in [1.165, 1.54) is 11.3 Å². The molecule has 3 amide bonds. The monoisotopic (exact) mass is 397 g/mol. The summed E-state index contributed by atoms with van der Waals surface area (Å²) in [7, 11) is 0. The van der Waals surface area contributed by atoms with E-state index in [9.17, 15) is 14.4 Å². The number of carbonyl (C=O) groups is 3. The first-order valence-electron chi connectivity index (χ1n) is 7.44. The van der Waals surface area contributed by atoms with Gasteiger partial charge in [0.05, 0.1) is 0 Å². The normalized spacial score (nSPS) is 14.2. The summed E-state index contributed by atoms with van der Waals surface area (Å²) in [5.74, 6) is -1.09. The standard InChI is InChI=1S/C16H13Cl2N3O3S/c17-10-2-1-9(12(18)6-10)5-11-7-19-16(25-11)20-13(22)8-21-14(23)3-4-15(21)24/h1-2,6-7H,3-5,8H2,(H,19,20,22). The Balaban J connectivity index is 1.60. The molecule has 2 aromatic rings. The van der Waals surface area contributed by atoms with Crippen LogP contribution in [0.15, 0.2) is 24.4 Å². The van der Waals surface area contributed by atoms with Crippen LogP contribution in [0.2, 0.25) is 10.0 Å². The van der Waals surface area contributed by atoms with Gasteiger partial charge in [-0.3, -0.25) is 19.3 Å². The molecule has 130 valence electrons. The number of anilines is 1. The summed E-state index contributed by atoms with van der Waals surface area (Å²) in [5.41, 5.74) is 0.904. The number of halogens is 2. The first-order chi connectivity index (χ1) is 11.9. The quantitative estimate of drug-likeness (QED) is 0.785. The second-order valence-corrected chi connectivity index (χ2v) is 7.42. The number of nitrogens with zero attached hydrogens (tertiary/aromatic N) is 2. The summed E-state index contributed by atoms with van der Waals surface area (Å²) in [4.78, 5) is 41.1. The lowest BCUT2D eigenvalue weighted by molar-refractivity contribution is -0.141. The third-order valence-corrected chi connectivity index (χ3v) is 5.14. The van der Waals surface area contributed by atoms with Crippen molar-refractivity contribution in [2.75, 3.05) is 11.9 Å². The molecule has 1 aromatic heterocycles. The predicted octanol–water partition coefficient (Wildman–Crippen LogP) is 3.13. The number of rotatable bonds is 5. The number of hydrogen-bond acceptors (Lipinski definition) is 5. The highest BCUT2D eigenvalue weighted by atomic mass is 35.5. The number of imide groups is 1. The van der Waals surface area contributed by atoms with Gasteiger partial charge in [0.1, 0.15) is 6.54 Å². The van der Waals surface area contributed by atoms with Crippen LogP contribution in [-0.2, 0) is 20.8 Å². The maximum atomic E-state index is 12.0. The molecule has 25 heavy (non-hydrogen) atoms. The van der Waals surface area contributed by atoms with Crippen LogP contribution in [0, 0.1) is 0 Å². The van der Waals surface area contributed by atoms with E-state index in [2.05, 4.69) is 10.3 Å². The second-order valence-electron chi connectivity index (χ2n) is 5.47. The van der Waals surface area contributed by atoms with Gasteiger partial charge in [-0.25, -0.2) is 4.98 Å². The lowest BCUT2D eigenvalue weighted by Crippen LogP contribution is -2.36. The summed E-state index contributed by atoms with van der Waals surface area (Å²) in [6, 6.07) is 5.27. The zero-order valence-corrected chi connectivity index (χ0v) is 15.2. The van der Waals surface area contributed by atoms with E-state index in [0.717, 1.165) is 15.3 Å². The molecule has 1 N–H and O–H groups in total. The minimum atomic E-state index is -0.450. The molecule has 0 atom stereocenters. The van der Waals surface area contributed by atoms with Crippen LogP contribution in [0.4, 0.5) is 5.13 Å². The maximum absolute atomic E-state index is 12.0. The van der Waals surface area contributed by atoms with E-state index in [4.69, 9.17) is 23.2 Å². The van der Waals surface area contributed by atoms with Gasteiger partial charge < -0.3 is 5.32 Å². The summed E-state index contributed by atoms with van der Waals surface area (Å²) in [5, 5.41) is 4.15. The number of carbonyl (C=O) groups excluding carboxylic acids is 3. The molecule has 0 unspecified atom stereocenters. The van der Waals surface area contributed by atoms with Crippen molar-refractivity contribution >= 4 is 57.4 Å². The molecule has 0 radical (unpaired) electrons. The molecule has 6 nitrogen and oxygen atoms in total. The van der Waals surface area contributed by atoms with Crippen molar-refractivity contribution in [2.24, 2.45) is 0 Å². The zero-order valence-electron chi connectivity index (χ0n) is 12.9. The Morgan fingerprint density at radius 2 is 1.96 bits per heavy atom. The first kappa shape index (κ1) is 17.8. The Morgan fingerprint density at radius 3 is 2.64 bits per heavy atom. The molecule has 1 aliphatic rings. The van der Waals surface area contributed by atoms with E-state index in [-0.39, 0.29) is 31.2 Å². The molecule has 1 aliphatic heterocycles. The molecule has 3 rings (SSSR count). The maximum Gasteiger partial charge on any atom is 0.246 e. The fraction of sp³-hybridized carbons (Fsp3) is 0.250. The van der Waals surface area contributed by atoms with E-state index in [0.29, 0.717) is 21.6 Å². The van der Waals surface area contributed by atoms with Gasteiger partial charge in [0.2, 0.25) is 17.7 Å². The average molecular weight is 398 g/mol. The van der Waals surface area contributed by atoms with Gasteiger partial charge in [0.25, 0.3) is 0 Å². The Bertz CT molecular complexity index is 837. The molecular weight excluding hydrogens is 385 g/mol. The van der Waals surface area contributed by atoms with Crippen LogP contribution in [0.25, 0.3) is 0 Å². The van der Waals surface area contributed by atoms with Gasteiger partial charge in [-0.2, -0.15) is 0 Å². The van der Waals surface area contributed by atoms with Crippen LogP contribution in [-0.4, -0.2) is 34.2 Å². The van der Waals surface area contributed by atoms with Crippen molar-refractivity contribution in [1.82, 2.24) is 9.88 Å².